The maximum Gasteiger partial charge on any atom is 0.340 e. The number of unbranched alkanes of at least 4 members (excludes halogenated alkanes) is 1. The van der Waals surface area contributed by atoms with Gasteiger partial charge in [-0.25, -0.2) is 0 Å². The molecule has 0 aliphatic heterocycles. The summed E-state index contributed by atoms with van der Waals surface area (Å²) in [5, 5.41) is 11.2. The molecule has 18 heavy (non-hydrogen) atoms. The molecule has 1 aromatic heterocycles. The van der Waals surface area contributed by atoms with Crippen molar-refractivity contribution in [3.8, 4) is 0 Å². The Labute approximate surface area is 113 Å². The zero-order valence-corrected chi connectivity index (χ0v) is 12.1. The molecule has 1 heterocycles. The molecule has 1 aliphatic carbocycles. The molecule has 0 saturated heterocycles. The Kier molecular flexibility index (Phi) is 4.50. The lowest BCUT2D eigenvalue weighted by molar-refractivity contribution is -0.383. The minimum atomic E-state index is -1.20. The summed E-state index contributed by atoms with van der Waals surface area (Å²) < 4.78 is 12.3. The fraction of sp³-hybridized carbons (Fsp3) is 0.667. The van der Waals surface area contributed by atoms with Gasteiger partial charge < -0.3 is 0 Å². The van der Waals surface area contributed by atoms with Gasteiger partial charge in [0.1, 0.15) is 4.90 Å². The Hall–Kier alpha value is -0.750. The third kappa shape index (κ3) is 2.64. The van der Waals surface area contributed by atoms with Gasteiger partial charge in [0, 0.05) is 10.6 Å². The molecule has 0 radical (unpaired) electrons. The highest BCUT2D eigenvalue weighted by molar-refractivity contribution is 7.85. The van der Waals surface area contributed by atoms with Crippen molar-refractivity contribution in [2.45, 2.75) is 50.3 Å². The Bertz CT molecular complexity index is 482. The lowest BCUT2D eigenvalue weighted by atomic mass is 9.99. The van der Waals surface area contributed by atoms with E-state index in [1.807, 2.05) is 6.92 Å². The van der Waals surface area contributed by atoms with Gasteiger partial charge in [-0.1, -0.05) is 24.7 Å². The summed E-state index contributed by atoms with van der Waals surface area (Å²) in [7, 11) is -1.20. The molecule has 0 saturated carbocycles. The van der Waals surface area contributed by atoms with Crippen molar-refractivity contribution in [1.29, 1.82) is 0 Å². The number of nitrogens with zero attached hydrogens (tertiary/aromatic N) is 1. The van der Waals surface area contributed by atoms with E-state index in [0.29, 0.717) is 10.6 Å². The van der Waals surface area contributed by atoms with E-state index in [-0.39, 0.29) is 9.92 Å². The molecule has 1 aliphatic rings. The highest BCUT2D eigenvalue weighted by atomic mass is 32.2. The van der Waals surface area contributed by atoms with Gasteiger partial charge in [-0.3, -0.25) is 14.3 Å². The van der Waals surface area contributed by atoms with Crippen LogP contribution in [-0.2, 0) is 23.6 Å². The van der Waals surface area contributed by atoms with E-state index in [4.69, 9.17) is 0 Å². The first-order chi connectivity index (χ1) is 8.65. The van der Waals surface area contributed by atoms with Crippen LogP contribution in [0.2, 0.25) is 0 Å². The van der Waals surface area contributed by atoms with E-state index in [1.165, 1.54) is 11.3 Å². The molecule has 0 fully saturated rings. The molecule has 0 aromatic carbocycles. The summed E-state index contributed by atoms with van der Waals surface area (Å²) in [6.45, 7) is 2.04. The van der Waals surface area contributed by atoms with Gasteiger partial charge >= 0.3 is 5.00 Å². The normalized spacial score (nSPS) is 16.3. The van der Waals surface area contributed by atoms with Gasteiger partial charge in [0.25, 0.3) is 0 Å². The molecule has 0 bridgehead atoms. The summed E-state index contributed by atoms with van der Waals surface area (Å²) in [6.07, 6.45) is 5.73. The smallest absolute Gasteiger partial charge is 0.258 e. The van der Waals surface area contributed by atoms with Crippen LogP contribution in [-0.4, -0.2) is 14.9 Å². The molecule has 100 valence electrons. The van der Waals surface area contributed by atoms with Gasteiger partial charge in [-0.2, -0.15) is 0 Å². The van der Waals surface area contributed by atoms with E-state index >= 15 is 0 Å². The maximum absolute atomic E-state index is 12.3. The van der Waals surface area contributed by atoms with Crippen molar-refractivity contribution in [2.75, 3.05) is 5.75 Å². The molecule has 2 rings (SSSR count). The van der Waals surface area contributed by atoms with Crippen LogP contribution in [0.4, 0.5) is 5.00 Å². The van der Waals surface area contributed by atoms with Crippen LogP contribution in [0.15, 0.2) is 4.90 Å². The average molecular weight is 287 g/mol. The second kappa shape index (κ2) is 5.93. The number of thiophene rings is 1. The summed E-state index contributed by atoms with van der Waals surface area (Å²) in [4.78, 5) is 12.4. The minimum absolute atomic E-state index is 0.122. The van der Waals surface area contributed by atoms with Crippen LogP contribution in [0.3, 0.4) is 0 Å². The molecule has 1 unspecified atom stereocenters. The molecule has 0 N–H and O–H groups in total. The van der Waals surface area contributed by atoms with E-state index < -0.39 is 10.8 Å². The summed E-state index contributed by atoms with van der Waals surface area (Å²) in [5.74, 6) is 0.542. The first-order valence-corrected chi connectivity index (χ1v) is 8.46. The van der Waals surface area contributed by atoms with Gasteiger partial charge in [-0.15, -0.1) is 0 Å². The minimum Gasteiger partial charge on any atom is -0.258 e. The zero-order valence-electron chi connectivity index (χ0n) is 10.4. The summed E-state index contributed by atoms with van der Waals surface area (Å²) in [6, 6.07) is 0. The van der Waals surface area contributed by atoms with Crippen LogP contribution in [0.25, 0.3) is 0 Å². The Balaban J connectivity index is 2.39. The quantitative estimate of drug-likeness (QED) is 0.615. The van der Waals surface area contributed by atoms with E-state index in [2.05, 4.69) is 0 Å². The lowest BCUT2D eigenvalue weighted by Gasteiger charge is -2.11. The molecule has 1 aromatic rings. The van der Waals surface area contributed by atoms with E-state index in [0.717, 1.165) is 49.0 Å². The highest BCUT2D eigenvalue weighted by Gasteiger charge is 2.30. The number of nitro groups is 1. The molecule has 1 atom stereocenters. The van der Waals surface area contributed by atoms with Crippen LogP contribution in [0.1, 0.15) is 43.0 Å². The highest BCUT2D eigenvalue weighted by Crippen LogP contribution is 2.41. The fourth-order valence-electron chi connectivity index (χ4n) is 2.26. The van der Waals surface area contributed by atoms with Crippen molar-refractivity contribution in [3.63, 3.8) is 0 Å². The van der Waals surface area contributed by atoms with E-state index in [9.17, 15) is 14.3 Å². The van der Waals surface area contributed by atoms with Crippen molar-refractivity contribution in [3.05, 3.63) is 20.6 Å². The molecule has 6 heteroatoms. The van der Waals surface area contributed by atoms with Crippen molar-refractivity contribution < 1.29 is 9.13 Å². The monoisotopic (exact) mass is 287 g/mol. The van der Waals surface area contributed by atoms with Crippen LogP contribution < -0.4 is 0 Å². The largest absolute Gasteiger partial charge is 0.340 e. The van der Waals surface area contributed by atoms with Crippen molar-refractivity contribution >= 4 is 27.1 Å². The van der Waals surface area contributed by atoms with Crippen LogP contribution >= 0.6 is 11.3 Å². The average Bonchev–Trinajstić information content (AvgIpc) is 2.75. The summed E-state index contributed by atoms with van der Waals surface area (Å²) in [5.41, 5.74) is 1.02. The van der Waals surface area contributed by atoms with Crippen LogP contribution in [0.5, 0.6) is 0 Å². The van der Waals surface area contributed by atoms with Crippen molar-refractivity contribution in [1.82, 2.24) is 0 Å². The third-order valence-corrected chi connectivity index (χ3v) is 6.11. The van der Waals surface area contributed by atoms with Gasteiger partial charge in [0.05, 0.1) is 15.7 Å². The predicted molar refractivity (Wildman–Crippen MR) is 73.8 cm³/mol. The second-order valence-corrected chi connectivity index (χ2v) is 7.10. The molecule has 0 amide bonds. The van der Waals surface area contributed by atoms with Crippen molar-refractivity contribution in [2.24, 2.45) is 0 Å². The molecule has 0 spiro atoms. The first-order valence-electron chi connectivity index (χ1n) is 6.32. The fourth-order valence-corrected chi connectivity index (χ4v) is 5.35. The standard InChI is InChI=1S/C12H17NO3S2/c1-2-3-8-18(16)11-9-6-4-5-7-10(9)17-12(11)13(14)15/h2-8H2,1H3. The number of rotatable bonds is 5. The lowest BCUT2D eigenvalue weighted by Crippen LogP contribution is -2.06. The third-order valence-electron chi connectivity index (χ3n) is 3.18. The second-order valence-electron chi connectivity index (χ2n) is 4.51. The van der Waals surface area contributed by atoms with Gasteiger partial charge in [-0.05, 0) is 37.7 Å². The van der Waals surface area contributed by atoms with Gasteiger partial charge in [0.15, 0.2) is 0 Å². The Morgan fingerprint density at radius 3 is 2.78 bits per heavy atom. The first kappa shape index (κ1) is 13.7. The number of hydrogen-bond acceptors (Lipinski definition) is 4. The van der Waals surface area contributed by atoms with E-state index in [1.54, 1.807) is 0 Å². The number of fused-ring (bicyclic) bond motifs is 1. The maximum atomic E-state index is 12.3. The van der Waals surface area contributed by atoms with Gasteiger partial charge in [0.2, 0.25) is 0 Å². The molecule has 4 nitrogen and oxygen atoms in total. The SMILES string of the molecule is CCCCS(=O)c1c([N+](=O)[O-])sc2c1CCCC2. The molecular weight excluding hydrogens is 270 g/mol. The Morgan fingerprint density at radius 2 is 2.11 bits per heavy atom. The number of aryl methyl sites for hydroxylation is 1. The Morgan fingerprint density at radius 1 is 1.39 bits per heavy atom. The summed E-state index contributed by atoms with van der Waals surface area (Å²) >= 11 is 1.24. The number of hydrogen-bond donors (Lipinski definition) is 0. The zero-order chi connectivity index (χ0) is 13.1. The predicted octanol–water partition coefficient (Wildman–Crippen LogP) is 3.44. The molecular formula is C12H17NO3S2. The van der Waals surface area contributed by atoms with Crippen LogP contribution in [0, 0.1) is 10.1 Å². The topological polar surface area (TPSA) is 60.2 Å².